The van der Waals surface area contributed by atoms with Crippen molar-refractivity contribution in [2.24, 2.45) is 0 Å². The average molecular weight is 318 g/mol. The van der Waals surface area contributed by atoms with Crippen LogP contribution in [0.4, 0.5) is 0 Å². The molecule has 0 spiro atoms. The van der Waals surface area contributed by atoms with Gasteiger partial charge in [0.2, 0.25) is 5.91 Å². The fourth-order valence-corrected chi connectivity index (χ4v) is 2.97. The summed E-state index contributed by atoms with van der Waals surface area (Å²) in [4.78, 5) is 14.9. The molecule has 0 aliphatic carbocycles. The highest BCUT2D eigenvalue weighted by Crippen LogP contribution is 2.23. The largest absolute Gasteiger partial charge is 0.393 e. The lowest BCUT2D eigenvalue weighted by atomic mass is 9.83. The maximum Gasteiger partial charge on any atom is 0.230 e. The molecule has 2 N–H and O–H groups in total. The number of hydrogen-bond donors (Lipinski definition) is 2. The van der Waals surface area contributed by atoms with E-state index in [1.54, 1.807) is 0 Å². The van der Waals surface area contributed by atoms with E-state index in [1.807, 2.05) is 26.0 Å². The van der Waals surface area contributed by atoms with E-state index in [1.165, 1.54) is 5.56 Å². The second kappa shape index (κ2) is 7.93. The molecule has 1 aliphatic heterocycles. The highest BCUT2D eigenvalue weighted by Gasteiger charge is 2.29. The molecule has 1 aromatic carbocycles. The molecule has 4 heteroatoms. The van der Waals surface area contributed by atoms with Crippen LogP contribution in [-0.2, 0) is 10.2 Å². The second-order valence-electron chi connectivity index (χ2n) is 7.17. The van der Waals surface area contributed by atoms with E-state index in [-0.39, 0.29) is 12.0 Å². The third-order valence-electron chi connectivity index (χ3n) is 4.83. The molecule has 1 saturated heterocycles. The lowest BCUT2D eigenvalue weighted by molar-refractivity contribution is -0.125. The Morgan fingerprint density at radius 3 is 2.48 bits per heavy atom. The Kier molecular flexibility index (Phi) is 6.19. The molecule has 1 aliphatic rings. The molecule has 0 radical (unpaired) electrons. The Labute approximate surface area is 139 Å². The average Bonchev–Trinajstić information content (AvgIpc) is 2.53. The van der Waals surface area contributed by atoms with Crippen LogP contribution in [-0.4, -0.2) is 48.2 Å². The summed E-state index contributed by atoms with van der Waals surface area (Å²) in [5.74, 6) is 0.0791. The molecule has 0 unspecified atom stereocenters. The summed E-state index contributed by atoms with van der Waals surface area (Å²) >= 11 is 0. The van der Waals surface area contributed by atoms with Gasteiger partial charge >= 0.3 is 0 Å². The van der Waals surface area contributed by atoms with E-state index in [4.69, 9.17) is 0 Å². The number of aliphatic hydroxyl groups excluding tert-OH is 1. The van der Waals surface area contributed by atoms with E-state index in [0.29, 0.717) is 6.54 Å². The minimum Gasteiger partial charge on any atom is -0.393 e. The fraction of sp³-hybridized carbons (Fsp3) is 0.632. The molecule has 0 bridgehead atoms. The monoisotopic (exact) mass is 318 g/mol. The van der Waals surface area contributed by atoms with Gasteiger partial charge in [-0.1, -0.05) is 29.8 Å². The third-order valence-corrected chi connectivity index (χ3v) is 4.83. The number of piperidine rings is 1. The number of nitrogens with zero attached hydrogens (tertiary/aromatic N) is 1. The molecule has 4 nitrogen and oxygen atoms in total. The summed E-state index contributed by atoms with van der Waals surface area (Å²) in [7, 11) is 0. The first kappa shape index (κ1) is 18.0. The number of aryl methyl sites for hydroxylation is 1. The predicted octanol–water partition coefficient (Wildman–Crippen LogP) is 2.24. The molecule has 0 atom stereocenters. The molecule has 128 valence electrons. The molecule has 23 heavy (non-hydrogen) atoms. The Bertz CT molecular complexity index is 503. The minimum absolute atomic E-state index is 0.0791. The van der Waals surface area contributed by atoms with Gasteiger partial charge in [0.25, 0.3) is 0 Å². The van der Waals surface area contributed by atoms with E-state index in [9.17, 15) is 9.90 Å². The van der Waals surface area contributed by atoms with Crippen LogP contribution in [0.3, 0.4) is 0 Å². The van der Waals surface area contributed by atoms with Gasteiger partial charge in [-0.25, -0.2) is 0 Å². The predicted molar refractivity (Wildman–Crippen MR) is 93.5 cm³/mol. The van der Waals surface area contributed by atoms with Crippen molar-refractivity contribution in [3.05, 3.63) is 35.4 Å². The van der Waals surface area contributed by atoms with Crippen LogP contribution in [0, 0.1) is 6.92 Å². The highest BCUT2D eigenvalue weighted by atomic mass is 16.3. The lowest BCUT2D eigenvalue weighted by Crippen LogP contribution is -2.42. The molecule has 1 aromatic rings. The molecule has 1 heterocycles. The number of benzene rings is 1. The van der Waals surface area contributed by atoms with Crippen LogP contribution < -0.4 is 5.32 Å². The quantitative estimate of drug-likeness (QED) is 0.791. The third kappa shape index (κ3) is 5.05. The van der Waals surface area contributed by atoms with Crippen LogP contribution in [0.25, 0.3) is 0 Å². The first-order valence-electron chi connectivity index (χ1n) is 8.65. The topological polar surface area (TPSA) is 52.6 Å². The Morgan fingerprint density at radius 2 is 1.87 bits per heavy atom. The van der Waals surface area contributed by atoms with Crippen LogP contribution in [0.5, 0.6) is 0 Å². The smallest absolute Gasteiger partial charge is 0.230 e. The van der Waals surface area contributed by atoms with Crippen LogP contribution in [0.1, 0.15) is 44.2 Å². The van der Waals surface area contributed by atoms with Gasteiger partial charge in [-0.05, 0) is 52.1 Å². The summed E-state index contributed by atoms with van der Waals surface area (Å²) in [5.41, 5.74) is 1.74. The van der Waals surface area contributed by atoms with Gasteiger partial charge in [-0.15, -0.1) is 0 Å². The van der Waals surface area contributed by atoms with Gasteiger partial charge < -0.3 is 15.3 Å². The maximum atomic E-state index is 12.5. The number of amides is 1. The van der Waals surface area contributed by atoms with Crippen molar-refractivity contribution in [1.82, 2.24) is 10.2 Å². The number of nitrogens with one attached hydrogen (secondary N) is 1. The number of rotatable bonds is 6. The Balaban J connectivity index is 1.74. The SMILES string of the molecule is Cc1ccc(C(C)(C)C(=O)NCCCN2CCC(O)CC2)cc1. The van der Waals surface area contributed by atoms with Gasteiger partial charge in [-0.3, -0.25) is 4.79 Å². The molecule has 1 fully saturated rings. The Morgan fingerprint density at radius 1 is 1.26 bits per heavy atom. The van der Waals surface area contributed by atoms with Crippen molar-refractivity contribution in [1.29, 1.82) is 0 Å². The van der Waals surface area contributed by atoms with Crippen LogP contribution in [0.15, 0.2) is 24.3 Å². The van der Waals surface area contributed by atoms with E-state index in [2.05, 4.69) is 29.3 Å². The first-order chi connectivity index (χ1) is 10.9. The van der Waals surface area contributed by atoms with Crippen LogP contribution >= 0.6 is 0 Å². The Hall–Kier alpha value is -1.39. The molecular formula is C19H30N2O2. The fourth-order valence-electron chi connectivity index (χ4n) is 2.97. The van der Waals surface area contributed by atoms with Crippen molar-refractivity contribution in [2.75, 3.05) is 26.2 Å². The maximum absolute atomic E-state index is 12.5. The lowest BCUT2D eigenvalue weighted by Gasteiger charge is -2.29. The number of likely N-dealkylation sites (tertiary alicyclic amines) is 1. The van der Waals surface area contributed by atoms with Crippen molar-refractivity contribution < 1.29 is 9.90 Å². The van der Waals surface area contributed by atoms with Gasteiger partial charge in [0.15, 0.2) is 0 Å². The van der Waals surface area contributed by atoms with Gasteiger partial charge in [0.05, 0.1) is 11.5 Å². The van der Waals surface area contributed by atoms with Crippen molar-refractivity contribution >= 4 is 5.91 Å². The minimum atomic E-state index is -0.511. The zero-order valence-corrected chi connectivity index (χ0v) is 14.6. The standard InChI is InChI=1S/C19H30N2O2/c1-15-5-7-16(8-6-15)19(2,3)18(23)20-11-4-12-21-13-9-17(22)10-14-21/h5-8,17,22H,4,9-14H2,1-3H3,(H,20,23). The number of carbonyl (C=O) groups is 1. The summed E-state index contributed by atoms with van der Waals surface area (Å²) < 4.78 is 0. The number of hydrogen-bond acceptors (Lipinski definition) is 3. The summed E-state index contributed by atoms with van der Waals surface area (Å²) in [5, 5.41) is 12.6. The van der Waals surface area contributed by atoms with Gasteiger partial charge in [0.1, 0.15) is 0 Å². The molecular weight excluding hydrogens is 288 g/mol. The summed E-state index contributed by atoms with van der Waals surface area (Å²) in [6.07, 6.45) is 2.56. The van der Waals surface area contributed by atoms with Crippen molar-refractivity contribution in [2.45, 2.75) is 51.6 Å². The first-order valence-corrected chi connectivity index (χ1v) is 8.65. The van der Waals surface area contributed by atoms with E-state index < -0.39 is 5.41 Å². The van der Waals surface area contributed by atoms with Crippen LogP contribution in [0.2, 0.25) is 0 Å². The molecule has 1 amide bonds. The van der Waals surface area contributed by atoms with Crippen molar-refractivity contribution in [3.8, 4) is 0 Å². The van der Waals surface area contributed by atoms with E-state index in [0.717, 1.165) is 44.5 Å². The summed E-state index contributed by atoms with van der Waals surface area (Å²) in [6, 6.07) is 8.17. The highest BCUT2D eigenvalue weighted by molar-refractivity contribution is 5.87. The zero-order chi connectivity index (χ0) is 16.9. The molecule has 0 aromatic heterocycles. The molecule has 0 saturated carbocycles. The zero-order valence-electron chi connectivity index (χ0n) is 14.6. The van der Waals surface area contributed by atoms with Gasteiger partial charge in [0, 0.05) is 19.6 Å². The number of carbonyl (C=O) groups excluding carboxylic acids is 1. The van der Waals surface area contributed by atoms with E-state index >= 15 is 0 Å². The molecule has 2 rings (SSSR count). The number of aliphatic hydroxyl groups is 1. The van der Waals surface area contributed by atoms with Crippen molar-refractivity contribution in [3.63, 3.8) is 0 Å². The second-order valence-corrected chi connectivity index (χ2v) is 7.17. The normalized spacial score (nSPS) is 17.2. The summed E-state index contributed by atoms with van der Waals surface area (Å²) in [6.45, 7) is 9.60. The van der Waals surface area contributed by atoms with Gasteiger partial charge in [-0.2, -0.15) is 0 Å².